The van der Waals surface area contributed by atoms with E-state index in [1.165, 1.54) is 0 Å². The first kappa shape index (κ1) is 14.5. The van der Waals surface area contributed by atoms with Gasteiger partial charge in [0, 0.05) is 32.2 Å². The molecule has 0 aromatic carbocycles. The normalized spacial score (nSPS) is 20.1. The lowest BCUT2D eigenvalue weighted by atomic mass is 10.0. The van der Waals surface area contributed by atoms with E-state index in [9.17, 15) is 9.90 Å². The van der Waals surface area contributed by atoms with E-state index in [0.717, 1.165) is 26.2 Å². The number of rotatable bonds is 4. The zero-order valence-electron chi connectivity index (χ0n) is 11.5. The summed E-state index contributed by atoms with van der Waals surface area (Å²) in [6, 6.07) is 0.535. The molecule has 1 fully saturated rings. The van der Waals surface area contributed by atoms with Gasteiger partial charge in [-0.2, -0.15) is 0 Å². The molecule has 17 heavy (non-hydrogen) atoms. The molecular weight excluding hydrogens is 216 g/mol. The van der Waals surface area contributed by atoms with E-state index >= 15 is 0 Å². The van der Waals surface area contributed by atoms with Gasteiger partial charge in [-0.1, -0.05) is 13.8 Å². The molecule has 1 rings (SSSR count). The molecule has 0 saturated carbocycles. The molecule has 1 unspecified atom stereocenters. The van der Waals surface area contributed by atoms with Crippen molar-refractivity contribution >= 4 is 5.91 Å². The number of amides is 1. The maximum atomic E-state index is 12.0. The molecular formula is C13H26N2O2. The number of carbonyl (C=O) groups excluding carboxylic acids is 1. The van der Waals surface area contributed by atoms with Crippen molar-refractivity contribution in [1.29, 1.82) is 0 Å². The molecule has 1 atom stereocenters. The Morgan fingerprint density at radius 3 is 2.06 bits per heavy atom. The number of aliphatic hydroxyl groups is 1. The highest BCUT2D eigenvalue weighted by Gasteiger charge is 2.26. The standard InChI is InChI=1S/C13H26N2O2/c1-10(2)9-12(16)13(17)15-7-5-14(6-8-15)11(3)4/h10-12,16H,5-9H2,1-4H3. The number of aliphatic hydroxyl groups excluding tert-OH is 1. The van der Waals surface area contributed by atoms with Crippen molar-refractivity contribution in [3.8, 4) is 0 Å². The fourth-order valence-electron chi connectivity index (χ4n) is 2.22. The molecule has 0 radical (unpaired) electrons. The van der Waals surface area contributed by atoms with Crippen LogP contribution in [0.2, 0.25) is 0 Å². The highest BCUT2D eigenvalue weighted by molar-refractivity contribution is 5.80. The molecule has 0 aromatic heterocycles. The molecule has 1 N–H and O–H groups in total. The Hall–Kier alpha value is -0.610. The molecule has 1 heterocycles. The second kappa shape index (κ2) is 6.36. The third-order valence-corrected chi connectivity index (χ3v) is 3.34. The average molecular weight is 242 g/mol. The zero-order chi connectivity index (χ0) is 13.0. The highest BCUT2D eigenvalue weighted by Crippen LogP contribution is 2.11. The Bertz CT molecular complexity index is 246. The quantitative estimate of drug-likeness (QED) is 0.798. The van der Waals surface area contributed by atoms with Crippen LogP contribution in [0.15, 0.2) is 0 Å². The lowest BCUT2D eigenvalue weighted by molar-refractivity contribution is -0.143. The third-order valence-electron chi connectivity index (χ3n) is 3.34. The number of piperazine rings is 1. The van der Waals surface area contributed by atoms with Crippen molar-refractivity contribution in [2.24, 2.45) is 5.92 Å². The van der Waals surface area contributed by atoms with Crippen LogP contribution in [-0.2, 0) is 4.79 Å². The van der Waals surface area contributed by atoms with Crippen molar-refractivity contribution in [3.63, 3.8) is 0 Å². The summed E-state index contributed by atoms with van der Waals surface area (Å²) in [5, 5.41) is 9.81. The SMILES string of the molecule is CC(C)CC(O)C(=O)N1CCN(C(C)C)CC1. The predicted molar refractivity (Wildman–Crippen MR) is 68.8 cm³/mol. The molecule has 1 aliphatic rings. The summed E-state index contributed by atoms with van der Waals surface area (Å²) in [6.07, 6.45) is -0.260. The van der Waals surface area contributed by atoms with Gasteiger partial charge in [-0.25, -0.2) is 0 Å². The first-order valence-corrected chi connectivity index (χ1v) is 6.62. The largest absolute Gasteiger partial charge is 0.383 e. The molecule has 4 nitrogen and oxygen atoms in total. The Balaban J connectivity index is 2.40. The smallest absolute Gasteiger partial charge is 0.251 e. The fourth-order valence-corrected chi connectivity index (χ4v) is 2.22. The van der Waals surface area contributed by atoms with Crippen LogP contribution in [0.4, 0.5) is 0 Å². The lowest BCUT2D eigenvalue weighted by Crippen LogP contribution is -2.53. The summed E-state index contributed by atoms with van der Waals surface area (Å²) in [4.78, 5) is 16.1. The minimum absolute atomic E-state index is 0.0953. The van der Waals surface area contributed by atoms with E-state index in [1.807, 2.05) is 13.8 Å². The van der Waals surface area contributed by atoms with Crippen molar-refractivity contribution in [3.05, 3.63) is 0 Å². The number of nitrogens with zero attached hydrogens (tertiary/aromatic N) is 2. The second-order valence-corrected chi connectivity index (χ2v) is 5.60. The maximum absolute atomic E-state index is 12.0. The van der Waals surface area contributed by atoms with Gasteiger partial charge in [0.05, 0.1) is 0 Å². The van der Waals surface area contributed by atoms with Crippen molar-refractivity contribution in [2.45, 2.75) is 46.3 Å². The monoisotopic (exact) mass is 242 g/mol. The first-order chi connectivity index (χ1) is 7.91. The number of carbonyl (C=O) groups is 1. The minimum atomic E-state index is -0.819. The molecule has 0 aromatic rings. The Labute approximate surface area is 105 Å². The van der Waals surface area contributed by atoms with Crippen molar-refractivity contribution < 1.29 is 9.90 Å². The summed E-state index contributed by atoms with van der Waals surface area (Å²) >= 11 is 0. The Morgan fingerprint density at radius 2 is 1.65 bits per heavy atom. The van der Waals surface area contributed by atoms with Gasteiger partial charge in [0.15, 0.2) is 0 Å². The molecule has 0 spiro atoms. The summed E-state index contributed by atoms with van der Waals surface area (Å²) in [7, 11) is 0. The molecule has 100 valence electrons. The van der Waals surface area contributed by atoms with Crippen molar-refractivity contribution in [2.75, 3.05) is 26.2 Å². The van der Waals surface area contributed by atoms with E-state index in [1.54, 1.807) is 4.90 Å². The summed E-state index contributed by atoms with van der Waals surface area (Å²) < 4.78 is 0. The van der Waals surface area contributed by atoms with Gasteiger partial charge in [0.1, 0.15) is 6.10 Å². The molecule has 0 aliphatic carbocycles. The van der Waals surface area contributed by atoms with Crippen LogP contribution in [0, 0.1) is 5.92 Å². The van der Waals surface area contributed by atoms with Crippen LogP contribution < -0.4 is 0 Å². The maximum Gasteiger partial charge on any atom is 0.251 e. The third kappa shape index (κ3) is 4.28. The van der Waals surface area contributed by atoms with E-state index in [0.29, 0.717) is 18.4 Å². The van der Waals surface area contributed by atoms with Gasteiger partial charge in [-0.15, -0.1) is 0 Å². The summed E-state index contributed by atoms with van der Waals surface area (Å²) in [5.74, 6) is 0.257. The fraction of sp³-hybridized carbons (Fsp3) is 0.923. The summed E-state index contributed by atoms with van der Waals surface area (Å²) in [5.41, 5.74) is 0. The predicted octanol–water partition coefficient (Wildman–Crippen LogP) is 0.946. The van der Waals surface area contributed by atoms with Gasteiger partial charge >= 0.3 is 0 Å². The molecule has 1 amide bonds. The van der Waals surface area contributed by atoms with Crippen LogP contribution in [0.3, 0.4) is 0 Å². The van der Waals surface area contributed by atoms with Crippen LogP contribution >= 0.6 is 0 Å². The number of hydrogen-bond acceptors (Lipinski definition) is 3. The lowest BCUT2D eigenvalue weighted by Gasteiger charge is -2.37. The van der Waals surface area contributed by atoms with Gasteiger partial charge in [0.25, 0.3) is 5.91 Å². The molecule has 0 bridgehead atoms. The molecule has 1 aliphatic heterocycles. The van der Waals surface area contributed by atoms with E-state index in [-0.39, 0.29) is 5.91 Å². The first-order valence-electron chi connectivity index (χ1n) is 6.62. The molecule has 4 heteroatoms. The van der Waals surface area contributed by atoms with E-state index < -0.39 is 6.10 Å². The minimum Gasteiger partial charge on any atom is -0.383 e. The van der Waals surface area contributed by atoms with Gasteiger partial charge in [-0.3, -0.25) is 9.69 Å². The van der Waals surface area contributed by atoms with Crippen LogP contribution in [0.5, 0.6) is 0 Å². The van der Waals surface area contributed by atoms with E-state index in [2.05, 4.69) is 18.7 Å². The van der Waals surface area contributed by atoms with Crippen LogP contribution in [0.1, 0.15) is 34.1 Å². The van der Waals surface area contributed by atoms with Crippen LogP contribution in [-0.4, -0.2) is 59.1 Å². The van der Waals surface area contributed by atoms with Crippen molar-refractivity contribution in [1.82, 2.24) is 9.80 Å². The Kier molecular flexibility index (Phi) is 5.40. The second-order valence-electron chi connectivity index (χ2n) is 5.60. The van der Waals surface area contributed by atoms with Gasteiger partial charge in [-0.05, 0) is 26.2 Å². The summed E-state index contributed by atoms with van der Waals surface area (Å²) in [6.45, 7) is 11.7. The average Bonchev–Trinajstić information content (AvgIpc) is 2.27. The zero-order valence-corrected chi connectivity index (χ0v) is 11.5. The number of hydrogen-bond donors (Lipinski definition) is 1. The Morgan fingerprint density at radius 1 is 1.12 bits per heavy atom. The van der Waals surface area contributed by atoms with Gasteiger partial charge in [0.2, 0.25) is 0 Å². The van der Waals surface area contributed by atoms with E-state index in [4.69, 9.17) is 0 Å². The van der Waals surface area contributed by atoms with Gasteiger partial charge < -0.3 is 10.0 Å². The van der Waals surface area contributed by atoms with Crippen LogP contribution in [0.25, 0.3) is 0 Å². The molecule has 1 saturated heterocycles. The highest BCUT2D eigenvalue weighted by atomic mass is 16.3. The topological polar surface area (TPSA) is 43.8 Å².